The summed E-state index contributed by atoms with van der Waals surface area (Å²) in [5.74, 6) is -1.61. The Morgan fingerprint density at radius 2 is 1.66 bits per heavy atom. The van der Waals surface area contributed by atoms with Crippen LogP contribution in [0.2, 0.25) is 0 Å². The Bertz CT molecular complexity index is 1090. The van der Waals surface area contributed by atoms with E-state index in [4.69, 9.17) is 0 Å². The number of carboxylic acid groups (broad SMARTS) is 1. The molecule has 3 aromatic carbocycles. The lowest BCUT2D eigenvalue weighted by molar-refractivity contribution is 0.0697. The first-order chi connectivity index (χ1) is 13.7. The summed E-state index contributed by atoms with van der Waals surface area (Å²) in [6, 6.07) is 12.8. The van der Waals surface area contributed by atoms with Crippen LogP contribution in [0.1, 0.15) is 22.8 Å². The average molecular weight is 411 g/mol. The molecule has 7 heteroatoms. The topological polar surface area (TPSA) is 121 Å². The quantitative estimate of drug-likeness (QED) is 0.472. The molecule has 0 aromatic heterocycles. The van der Waals surface area contributed by atoms with Crippen molar-refractivity contribution < 1.29 is 29.8 Å². The van der Waals surface area contributed by atoms with E-state index in [-0.39, 0.29) is 33.9 Å². The number of carboxylic acids is 1. The van der Waals surface area contributed by atoms with Crippen molar-refractivity contribution in [3.8, 4) is 39.5 Å². The van der Waals surface area contributed by atoms with E-state index in [0.717, 1.165) is 0 Å². The summed E-state index contributed by atoms with van der Waals surface area (Å²) in [7, 11) is 0. The minimum absolute atomic E-state index is 0.0318. The summed E-state index contributed by atoms with van der Waals surface area (Å²) >= 11 is -1.47. The summed E-state index contributed by atoms with van der Waals surface area (Å²) in [6.07, 6.45) is 1.94. The van der Waals surface area contributed by atoms with E-state index in [9.17, 15) is 29.8 Å². The van der Waals surface area contributed by atoms with Gasteiger partial charge in [0.1, 0.15) is 23.5 Å². The molecule has 0 aliphatic carbocycles. The van der Waals surface area contributed by atoms with Crippen molar-refractivity contribution in [1.29, 1.82) is 0 Å². The molecule has 0 saturated carbocycles. The van der Waals surface area contributed by atoms with Crippen LogP contribution in [-0.4, -0.2) is 37.2 Å². The van der Waals surface area contributed by atoms with E-state index in [1.807, 2.05) is 6.92 Å². The van der Waals surface area contributed by atoms with Gasteiger partial charge in [-0.2, -0.15) is 0 Å². The fourth-order valence-electron chi connectivity index (χ4n) is 3.26. The van der Waals surface area contributed by atoms with Crippen molar-refractivity contribution in [2.24, 2.45) is 0 Å². The highest BCUT2D eigenvalue weighted by Crippen LogP contribution is 2.44. The highest BCUT2D eigenvalue weighted by Gasteiger charge is 2.25. The molecule has 3 aromatic rings. The molecule has 3 rings (SSSR count). The standard InChI is InChI=1S/C22H19O6S/c1-3-12-10-13(23)4-6-15(12)20-18(22(26)27)9-8-17(21(20)25)16-7-5-14(24)11-19(16)29(2)28/h4-8,10-11,23-25H,3H2,1-2H3,(H,26,27). The fourth-order valence-corrected chi connectivity index (χ4v) is 4.04. The zero-order valence-electron chi connectivity index (χ0n) is 15.8. The van der Waals surface area contributed by atoms with Crippen molar-refractivity contribution in [2.45, 2.75) is 18.2 Å². The minimum Gasteiger partial charge on any atom is -0.612 e. The average Bonchev–Trinajstić information content (AvgIpc) is 2.68. The van der Waals surface area contributed by atoms with Crippen LogP contribution in [0.4, 0.5) is 0 Å². The van der Waals surface area contributed by atoms with Crippen molar-refractivity contribution in [3.63, 3.8) is 0 Å². The van der Waals surface area contributed by atoms with Gasteiger partial charge in [-0.05, 0) is 65.1 Å². The van der Waals surface area contributed by atoms with E-state index in [1.165, 1.54) is 42.7 Å². The molecule has 0 fully saturated rings. The molecule has 0 saturated heterocycles. The second kappa shape index (κ2) is 8.06. The number of carbonyl (C=O) groups is 1. The van der Waals surface area contributed by atoms with Gasteiger partial charge in [0.2, 0.25) is 0 Å². The van der Waals surface area contributed by atoms with Gasteiger partial charge in [0, 0.05) is 22.8 Å². The maximum atomic E-state index is 12.2. The maximum absolute atomic E-state index is 12.2. The molecule has 0 spiro atoms. The third-order valence-electron chi connectivity index (χ3n) is 4.62. The Morgan fingerprint density at radius 1 is 1.03 bits per heavy atom. The highest BCUT2D eigenvalue weighted by molar-refractivity contribution is 7.90. The first-order valence-corrected chi connectivity index (χ1v) is 10.3. The predicted molar refractivity (Wildman–Crippen MR) is 110 cm³/mol. The number of aryl methyl sites for hydroxylation is 1. The molecule has 6 nitrogen and oxygen atoms in total. The normalized spacial score (nSPS) is 12.0. The van der Waals surface area contributed by atoms with Crippen LogP contribution < -0.4 is 0 Å². The third-order valence-corrected chi connectivity index (χ3v) is 5.58. The van der Waals surface area contributed by atoms with Gasteiger partial charge in [-0.1, -0.05) is 13.0 Å². The fraction of sp³-hybridized carbons (Fsp3) is 0.136. The van der Waals surface area contributed by atoms with Gasteiger partial charge in [0.05, 0.1) is 5.56 Å². The number of hydrogen-bond donors (Lipinski definition) is 4. The summed E-state index contributed by atoms with van der Waals surface area (Å²) in [5.41, 5.74) is 1.59. The molecule has 1 radical (unpaired) electrons. The van der Waals surface area contributed by atoms with Crippen molar-refractivity contribution in [1.82, 2.24) is 0 Å². The van der Waals surface area contributed by atoms with Gasteiger partial charge in [0.25, 0.3) is 0 Å². The van der Waals surface area contributed by atoms with Crippen LogP contribution in [0.3, 0.4) is 0 Å². The molecule has 1 atom stereocenters. The Hall–Kier alpha value is -3.16. The number of benzene rings is 3. The van der Waals surface area contributed by atoms with E-state index in [1.54, 1.807) is 6.07 Å². The molecule has 0 heterocycles. The van der Waals surface area contributed by atoms with Gasteiger partial charge >= 0.3 is 5.97 Å². The summed E-state index contributed by atoms with van der Waals surface area (Å²) in [5, 5.41) is 40.2. The SMILES string of the molecule is CCc1cc(O)ccc1-c1c(C(=O)O)[c]cc(-c2ccc(O)cc2[S+](C)[O-])c1O. The molecule has 0 bridgehead atoms. The summed E-state index contributed by atoms with van der Waals surface area (Å²) in [4.78, 5) is 12.1. The molecular weight excluding hydrogens is 392 g/mol. The summed E-state index contributed by atoms with van der Waals surface area (Å²) < 4.78 is 12.2. The van der Waals surface area contributed by atoms with E-state index in [0.29, 0.717) is 28.0 Å². The van der Waals surface area contributed by atoms with E-state index < -0.39 is 17.1 Å². The van der Waals surface area contributed by atoms with Gasteiger partial charge in [-0.25, -0.2) is 4.79 Å². The molecule has 0 aliphatic rings. The van der Waals surface area contributed by atoms with E-state index in [2.05, 4.69) is 6.07 Å². The monoisotopic (exact) mass is 411 g/mol. The first kappa shape index (κ1) is 20.6. The molecule has 0 amide bonds. The second-order valence-electron chi connectivity index (χ2n) is 6.44. The highest BCUT2D eigenvalue weighted by atomic mass is 32.2. The lowest BCUT2D eigenvalue weighted by Crippen LogP contribution is -2.04. The predicted octanol–water partition coefficient (Wildman–Crippen LogP) is 3.94. The minimum atomic E-state index is -1.47. The number of phenolic OH excluding ortho intramolecular Hbond substituents is 3. The van der Waals surface area contributed by atoms with Crippen LogP contribution >= 0.6 is 0 Å². The van der Waals surface area contributed by atoms with Crippen molar-refractivity contribution in [2.75, 3.05) is 6.26 Å². The summed E-state index contributed by atoms with van der Waals surface area (Å²) in [6.45, 7) is 1.85. The lowest BCUT2D eigenvalue weighted by Gasteiger charge is -2.17. The Morgan fingerprint density at radius 3 is 2.24 bits per heavy atom. The maximum Gasteiger partial charge on any atom is 0.337 e. The Labute approximate surface area is 170 Å². The third kappa shape index (κ3) is 3.87. The zero-order chi connectivity index (χ0) is 21.3. The molecular formula is C22H19O6S. The molecule has 149 valence electrons. The number of rotatable bonds is 5. The Kier molecular flexibility index (Phi) is 5.72. The van der Waals surface area contributed by atoms with Gasteiger partial charge in [-0.15, -0.1) is 0 Å². The number of aromatic hydroxyl groups is 3. The number of phenols is 3. The largest absolute Gasteiger partial charge is 0.612 e. The van der Waals surface area contributed by atoms with Gasteiger partial charge in [-0.3, -0.25) is 0 Å². The number of aromatic carboxylic acids is 1. The van der Waals surface area contributed by atoms with Crippen molar-refractivity contribution >= 4 is 17.1 Å². The lowest BCUT2D eigenvalue weighted by atomic mass is 9.89. The van der Waals surface area contributed by atoms with Crippen LogP contribution in [0, 0.1) is 6.07 Å². The van der Waals surface area contributed by atoms with Gasteiger partial charge < -0.3 is 25.0 Å². The number of hydrogen-bond acceptors (Lipinski definition) is 5. The second-order valence-corrected chi connectivity index (χ2v) is 7.78. The van der Waals surface area contributed by atoms with Crippen LogP contribution in [0.15, 0.2) is 47.4 Å². The van der Waals surface area contributed by atoms with Gasteiger partial charge in [0.15, 0.2) is 4.90 Å². The Balaban J connectivity index is 2.36. The van der Waals surface area contributed by atoms with Crippen LogP contribution in [0.25, 0.3) is 22.3 Å². The zero-order valence-corrected chi connectivity index (χ0v) is 16.6. The van der Waals surface area contributed by atoms with Crippen LogP contribution in [0.5, 0.6) is 17.2 Å². The molecule has 0 aliphatic heterocycles. The van der Waals surface area contributed by atoms with Crippen molar-refractivity contribution in [3.05, 3.63) is 59.7 Å². The smallest absolute Gasteiger partial charge is 0.337 e. The first-order valence-electron chi connectivity index (χ1n) is 8.74. The molecule has 1 unspecified atom stereocenters. The van der Waals surface area contributed by atoms with Crippen LogP contribution in [-0.2, 0) is 17.6 Å². The molecule has 4 N–H and O–H groups in total. The molecule has 29 heavy (non-hydrogen) atoms. The van der Waals surface area contributed by atoms with E-state index >= 15 is 0 Å².